The van der Waals surface area contributed by atoms with Crippen LogP contribution in [0.25, 0.3) is 0 Å². The van der Waals surface area contributed by atoms with E-state index in [4.69, 9.17) is 16.3 Å². The molecule has 1 aromatic rings. The average molecular weight is 375 g/mol. The largest absolute Gasteiger partial charge is 0.398 e. The molecule has 0 atom stereocenters. The van der Waals surface area contributed by atoms with Crippen LogP contribution in [-0.2, 0) is 10.0 Å². The number of rotatable bonds is 6. The summed E-state index contributed by atoms with van der Waals surface area (Å²) in [6, 6.07) is 5.62. The Morgan fingerprint density at radius 3 is 2.24 bits per heavy atom. The standard InChI is InChI=1S/C12H12BrFN4O2S/c13-9-7-10(14)12(8-11(9)17)21(19,20)18(5-1-3-15)6-2-4-16/h7-8H,1-2,5-6,17H2. The second kappa shape index (κ2) is 7.36. The zero-order valence-corrected chi connectivity index (χ0v) is 13.3. The van der Waals surface area contributed by atoms with Crippen molar-refractivity contribution in [2.24, 2.45) is 0 Å². The minimum atomic E-state index is -4.16. The van der Waals surface area contributed by atoms with E-state index in [0.717, 1.165) is 16.4 Å². The van der Waals surface area contributed by atoms with Gasteiger partial charge in [-0.15, -0.1) is 0 Å². The van der Waals surface area contributed by atoms with E-state index in [2.05, 4.69) is 15.9 Å². The maximum absolute atomic E-state index is 13.9. The Morgan fingerprint density at radius 1 is 1.24 bits per heavy atom. The van der Waals surface area contributed by atoms with Gasteiger partial charge in [-0.2, -0.15) is 14.8 Å². The van der Waals surface area contributed by atoms with E-state index in [-0.39, 0.29) is 36.1 Å². The Morgan fingerprint density at radius 2 is 1.76 bits per heavy atom. The Balaban J connectivity index is 3.25. The topological polar surface area (TPSA) is 111 Å². The number of sulfonamides is 1. The van der Waals surface area contributed by atoms with Gasteiger partial charge in [0.05, 0.1) is 12.1 Å². The lowest BCUT2D eigenvalue weighted by molar-refractivity contribution is 0.421. The number of hydrogen-bond acceptors (Lipinski definition) is 5. The first-order valence-corrected chi connectivity index (χ1v) is 8.06. The molecule has 0 aliphatic carbocycles. The van der Waals surface area contributed by atoms with Crippen LogP contribution in [-0.4, -0.2) is 25.8 Å². The van der Waals surface area contributed by atoms with Gasteiger partial charge in [-0.1, -0.05) is 0 Å². The molecule has 2 N–H and O–H groups in total. The third-order valence-electron chi connectivity index (χ3n) is 2.62. The first-order chi connectivity index (χ1) is 9.84. The number of nitrogens with two attached hydrogens (primary N) is 1. The zero-order valence-electron chi connectivity index (χ0n) is 10.9. The Hall–Kier alpha value is -1.68. The van der Waals surface area contributed by atoms with Crippen molar-refractivity contribution in [2.75, 3.05) is 18.8 Å². The van der Waals surface area contributed by atoms with Crippen molar-refractivity contribution in [2.45, 2.75) is 17.7 Å². The third-order valence-corrected chi connectivity index (χ3v) is 5.22. The molecule has 0 bridgehead atoms. The molecule has 0 saturated carbocycles. The molecule has 0 aliphatic heterocycles. The van der Waals surface area contributed by atoms with Crippen molar-refractivity contribution in [1.82, 2.24) is 4.31 Å². The summed E-state index contributed by atoms with van der Waals surface area (Å²) in [5, 5.41) is 17.2. The van der Waals surface area contributed by atoms with E-state index in [1.54, 1.807) is 0 Å². The van der Waals surface area contributed by atoms with Crippen molar-refractivity contribution in [3.05, 3.63) is 22.4 Å². The minimum Gasteiger partial charge on any atom is -0.398 e. The molecule has 0 radical (unpaired) electrons. The molecule has 0 heterocycles. The molecule has 21 heavy (non-hydrogen) atoms. The summed E-state index contributed by atoms with van der Waals surface area (Å²) >= 11 is 3.01. The van der Waals surface area contributed by atoms with Crippen LogP contribution in [0.5, 0.6) is 0 Å². The van der Waals surface area contributed by atoms with Gasteiger partial charge in [0.2, 0.25) is 10.0 Å². The molecule has 0 spiro atoms. The summed E-state index contributed by atoms with van der Waals surface area (Å²) in [7, 11) is -4.16. The van der Waals surface area contributed by atoms with Crippen LogP contribution in [0.3, 0.4) is 0 Å². The van der Waals surface area contributed by atoms with E-state index in [9.17, 15) is 12.8 Å². The fourth-order valence-corrected chi connectivity index (χ4v) is 3.42. The normalized spacial score (nSPS) is 11.1. The van der Waals surface area contributed by atoms with Gasteiger partial charge in [0.1, 0.15) is 10.7 Å². The number of halogens is 2. The van der Waals surface area contributed by atoms with E-state index in [1.165, 1.54) is 0 Å². The maximum atomic E-state index is 13.9. The quantitative estimate of drug-likeness (QED) is 0.765. The van der Waals surface area contributed by atoms with Gasteiger partial charge in [-0.25, -0.2) is 12.8 Å². The van der Waals surface area contributed by atoms with Crippen molar-refractivity contribution < 1.29 is 12.8 Å². The Labute approximate surface area is 130 Å². The SMILES string of the molecule is N#CCCN(CCC#N)S(=O)(=O)c1cc(N)c(Br)cc1F. The molecule has 1 rings (SSSR count). The van der Waals surface area contributed by atoms with Gasteiger partial charge < -0.3 is 5.73 Å². The Kier molecular flexibility index (Phi) is 6.09. The number of benzene rings is 1. The summed E-state index contributed by atoms with van der Waals surface area (Å²) in [5.74, 6) is -0.949. The molecule has 9 heteroatoms. The zero-order chi connectivity index (χ0) is 16.0. The molecule has 6 nitrogen and oxygen atoms in total. The highest BCUT2D eigenvalue weighted by atomic mass is 79.9. The van der Waals surface area contributed by atoms with Crippen molar-refractivity contribution in [3.63, 3.8) is 0 Å². The first-order valence-electron chi connectivity index (χ1n) is 5.83. The maximum Gasteiger partial charge on any atom is 0.246 e. The van der Waals surface area contributed by atoms with Crippen LogP contribution in [0.1, 0.15) is 12.8 Å². The number of anilines is 1. The lowest BCUT2D eigenvalue weighted by atomic mass is 10.3. The van der Waals surface area contributed by atoms with Crippen molar-refractivity contribution >= 4 is 31.6 Å². The smallest absolute Gasteiger partial charge is 0.246 e. The summed E-state index contributed by atoms with van der Waals surface area (Å²) in [6.07, 6.45) is -0.115. The lowest BCUT2D eigenvalue weighted by Crippen LogP contribution is -2.33. The van der Waals surface area contributed by atoms with Crippen LogP contribution < -0.4 is 5.73 Å². The molecule has 0 aromatic heterocycles. The van der Waals surface area contributed by atoms with Gasteiger partial charge >= 0.3 is 0 Å². The second-order valence-corrected chi connectivity index (χ2v) is 6.79. The molecule has 0 fully saturated rings. The molecule has 112 valence electrons. The highest BCUT2D eigenvalue weighted by molar-refractivity contribution is 9.10. The summed E-state index contributed by atoms with van der Waals surface area (Å²) in [5.41, 5.74) is 5.66. The van der Waals surface area contributed by atoms with Gasteiger partial charge in [0, 0.05) is 36.1 Å². The van der Waals surface area contributed by atoms with E-state index in [0.29, 0.717) is 0 Å². The predicted molar refractivity (Wildman–Crippen MR) is 77.7 cm³/mol. The third kappa shape index (κ3) is 4.14. The summed E-state index contributed by atoms with van der Waals surface area (Å²) in [4.78, 5) is -0.570. The van der Waals surface area contributed by atoms with Crippen molar-refractivity contribution in [3.8, 4) is 12.1 Å². The molecule has 0 amide bonds. The van der Waals surface area contributed by atoms with E-state index < -0.39 is 20.7 Å². The van der Waals surface area contributed by atoms with E-state index in [1.807, 2.05) is 12.1 Å². The monoisotopic (exact) mass is 374 g/mol. The lowest BCUT2D eigenvalue weighted by Gasteiger charge is -2.20. The van der Waals surface area contributed by atoms with Crippen LogP contribution >= 0.6 is 15.9 Å². The number of nitrogens with zero attached hydrogens (tertiary/aromatic N) is 3. The van der Waals surface area contributed by atoms with Crippen LogP contribution in [0.2, 0.25) is 0 Å². The first kappa shape index (κ1) is 17.4. The predicted octanol–water partition coefficient (Wildman–Crippen LogP) is 1.99. The second-order valence-electron chi connectivity index (χ2n) is 4.02. The van der Waals surface area contributed by atoms with Gasteiger partial charge in [-0.3, -0.25) is 0 Å². The molecule has 0 unspecified atom stereocenters. The van der Waals surface area contributed by atoms with Crippen LogP contribution in [0.4, 0.5) is 10.1 Å². The van der Waals surface area contributed by atoms with Crippen LogP contribution in [0.15, 0.2) is 21.5 Å². The number of nitriles is 2. The van der Waals surface area contributed by atoms with Gasteiger partial charge in [0.25, 0.3) is 0 Å². The van der Waals surface area contributed by atoms with E-state index >= 15 is 0 Å². The highest BCUT2D eigenvalue weighted by Crippen LogP contribution is 2.28. The number of nitrogen functional groups attached to an aromatic ring is 1. The fourth-order valence-electron chi connectivity index (χ4n) is 1.58. The average Bonchev–Trinajstić information content (AvgIpc) is 2.42. The molecular formula is C12H12BrFN4O2S. The molecular weight excluding hydrogens is 363 g/mol. The Bertz CT molecular complexity index is 691. The fraction of sp³-hybridized carbons (Fsp3) is 0.333. The molecule has 0 saturated heterocycles. The summed E-state index contributed by atoms with van der Waals surface area (Å²) < 4.78 is 39.9. The van der Waals surface area contributed by atoms with Gasteiger partial charge in [0.15, 0.2) is 0 Å². The van der Waals surface area contributed by atoms with Gasteiger partial charge in [-0.05, 0) is 28.1 Å². The summed E-state index contributed by atoms with van der Waals surface area (Å²) in [6.45, 7) is -0.230. The van der Waals surface area contributed by atoms with Crippen LogP contribution in [0, 0.1) is 28.5 Å². The minimum absolute atomic E-state index is 0.0573. The number of hydrogen-bond donors (Lipinski definition) is 1. The van der Waals surface area contributed by atoms with Crippen molar-refractivity contribution in [1.29, 1.82) is 10.5 Å². The molecule has 1 aromatic carbocycles. The highest BCUT2D eigenvalue weighted by Gasteiger charge is 2.27. The molecule has 0 aliphatic rings.